The Hall–Kier alpha value is -4.93. The molecule has 5 amide bonds. The Morgan fingerprint density at radius 2 is 1.11 bits per heavy atom. The van der Waals surface area contributed by atoms with Gasteiger partial charge in [-0.1, -0.05) is 88.4 Å². The third-order valence-corrected chi connectivity index (χ3v) is 12.5. The third kappa shape index (κ3) is 20.7. The highest BCUT2D eigenvalue weighted by atomic mass is 127. The van der Waals surface area contributed by atoms with Crippen LogP contribution < -0.4 is 16.0 Å². The standard InChI is InChI=1S/C35H43N5O4S2.C11H17N3O3S.B.HI/c1-25(2)33(39-34(42)40(3)21-30-19-36-23-45-30)32(41)18-28(16-26-10-6-4-7-11-26)14-15-29(17-27-12-8-5-9-13-27)38-35(43)44-22-31-20-37-24-46-31;1-7(2)9(10(15)16)13-11(17)14(3)5-8-4-12-6-18-8;;/h4-13,19-20,23-25,28-29,33H,14-18,21-22H2,1-3H3,(H,38,43)(H,39,42);4,6-7,9H,5H2,1-3H3,(H,13,17)(H,15,16);;1H/t28-,29-,33+;9-;;/m10../s1. The summed E-state index contributed by atoms with van der Waals surface area (Å²) in [5, 5.41) is 17.6. The van der Waals surface area contributed by atoms with E-state index < -0.39 is 30.2 Å². The van der Waals surface area contributed by atoms with E-state index in [1.165, 1.54) is 38.9 Å². The molecular weight excluding hydrogens is 1010 g/mol. The minimum Gasteiger partial charge on any atom is -0.480 e. The number of urea groups is 2. The number of carbonyl (C=O) groups excluding carboxylic acids is 4. The summed E-state index contributed by atoms with van der Waals surface area (Å²) in [6.07, 6.45) is 7.67. The first-order valence-corrected chi connectivity index (χ1v) is 23.7. The van der Waals surface area contributed by atoms with Crippen molar-refractivity contribution in [2.45, 2.75) is 97.6 Å². The van der Waals surface area contributed by atoms with Crippen LogP contribution in [0, 0.1) is 17.8 Å². The summed E-state index contributed by atoms with van der Waals surface area (Å²) in [5.41, 5.74) is 7.39. The first-order chi connectivity index (χ1) is 30.7. The lowest BCUT2D eigenvalue weighted by atomic mass is 9.85. The van der Waals surface area contributed by atoms with Gasteiger partial charge >= 0.3 is 24.1 Å². The number of ketones is 1. The molecule has 15 nitrogen and oxygen atoms in total. The Bertz CT molecular complexity index is 2140. The zero-order valence-corrected chi connectivity index (χ0v) is 43.0. The molecule has 66 heavy (non-hydrogen) atoms. The van der Waals surface area contributed by atoms with Crippen LogP contribution in [-0.2, 0) is 46.9 Å². The molecule has 0 bridgehead atoms. The van der Waals surface area contributed by atoms with Crippen LogP contribution in [0.4, 0.5) is 14.4 Å². The maximum atomic E-state index is 13.8. The quantitative estimate of drug-likeness (QED) is 0.0385. The van der Waals surface area contributed by atoms with Crippen molar-refractivity contribution in [1.29, 1.82) is 0 Å². The maximum absolute atomic E-state index is 13.8. The van der Waals surface area contributed by atoms with Gasteiger partial charge in [0.2, 0.25) is 0 Å². The number of hydrogen-bond donors (Lipinski definition) is 4. The lowest BCUT2D eigenvalue weighted by Crippen LogP contribution is -2.49. The van der Waals surface area contributed by atoms with Gasteiger partial charge in [0.05, 0.1) is 40.5 Å². The van der Waals surface area contributed by atoms with E-state index in [1.807, 2.05) is 62.4 Å². The van der Waals surface area contributed by atoms with Gasteiger partial charge in [-0.3, -0.25) is 19.7 Å². The number of rotatable bonds is 22. The van der Waals surface area contributed by atoms with E-state index >= 15 is 0 Å². The summed E-state index contributed by atoms with van der Waals surface area (Å²) < 4.78 is 5.49. The molecule has 0 aliphatic rings. The van der Waals surface area contributed by atoms with Crippen molar-refractivity contribution in [2.75, 3.05) is 14.1 Å². The summed E-state index contributed by atoms with van der Waals surface area (Å²) >= 11 is 4.38. The minimum atomic E-state index is -1.02. The number of aromatic nitrogens is 3. The molecule has 5 aromatic rings. The van der Waals surface area contributed by atoms with E-state index in [2.05, 4.69) is 43.0 Å². The molecule has 2 aromatic carbocycles. The van der Waals surface area contributed by atoms with Crippen LogP contribution in [-0.4, -0.2) is 100 Å². The number of hydrogen-bond acceptors (Lipinski definition) is 12. The predicted octanol–water partition coefficient (Wildman–Crippen LogP) is 8.53. The molecule has 4 atom stereocenters. The number of carboxylic acid groups (broad SMARTS) is 1. The van der Waals surface area contributed by atoms with Crippen molar-refractivity contribution in [3.05, 3.63) is 122 Å². The van der Waals surface area contributed by atoms with E-state index in [0.29, 0.717) is 45.2 Å². The number of aliphatic carboxylic acids is 1. The monoisotopic (exact) mass is 1070 g/mol. The number of nitrogens with one attached hydrogen (secondary N) is 3. The molecule has 0 unspecified atom stereocenters. The Labute approximate surface area is 419 Å². The number of alkyl carbamates (subject to hydrolysis) is 1. The van der Waals surface area contributed by atoms with Gasteiger partial charge < -0.3 is 35.6 Å². The van der Waals surface area contributed by atoms with Gasteiger partial charge in [0, 0.05) is 63.3 Å². The number of benzene rings is 2. The first-order valence-electron chi connectivity index (χ1n) is 21.1. The second-order valence-electron chi connectivity index (χ2n) is 16.2. The summed E-state index contributed by atoms with van der Waals surface area (Å²) in [4.78, 5) is 80.4. The number of amides is 5. The highest BCUT2D eigenvalue weighted by Crippen LogP contribution is 2.23. The van der Waals surface area contributed by atoms with Gasteiger partial charge in [0.1, 0.15) is 12.6 Å². The van der Waals surface area contributed by atoms with Crippen molar-refractivity contribution in [1.82, 2.24) is 40.7 Å². The van der Waals surface area contributed by atoms with Crippen molar-refractivity contribution in [2.24, 2.45) is 17.8 Å². The topological polar surface area (TPSA) is 196 Å². The molecular formula is C46H61BIN8O7S3. The fourth-order valence-corrected chi connectivity index (χ4v) is 8.52. The number of ether oxygens (including phenoxy) is 1. The fourth-order valence-electron chi connectivity index (χ4n) is 6.72. The fraction of sp³-hybridized carbons (Fsp3) is 0.435. The van der Waals surface area contributed by atoms with Crippen LogP contribution >= 0.6 is 58.0 Å². The molecule has 0 saturated carbocycles. The van der Waals surface area contributed by atoms with Crippen LogP contribution in [0.3, 0.4) is 0 Å². The highest BCUT2D eigenvalue weighted by Gasteiger charge is 2.29. The number of thiazole rings is 3. The number of halogens is 1. The van der Waals surface area contributed by atoms with Gasteiger partial charge in [0.15, 0.2) is 5.78 Å². The smallest absolute Gasteiger partial charge is 0.407 e. The second kappa shape index (κ2) is 30.4. The summed E-state index contributed by atoms with van der Waals surface area (Å²) in [5.74, 6) is -1.25. The Morgan fingerprint density at radius 1 is 0.652 bits per heavy atom. The summed E-state index contributed by atoms with van der Waals surface area (Å²) in [7, 11) is 3.34. The SMILES string of the molecule is CC(C)[C@H](NC(=O)N(C)Cc1cncs1)C(=O)C[C@H](CC[C@H](Cc1ccccc1)NC(=O)OCc1cncs1)Cc1ccccc1.CC(C)[C@H](NC(=O)N(C)Cc1cncs1)C(=O)O.I.[B]. The molecule has 3 heterocycles. The molecule has 0 aliphatic heterocycles. The van der Waals surface area contributed by atoms with E-state index in [1.54, 1.807) is 68.0 Å². The highest BCUT2D eigenvalue weighted by molar-refractivity contribution is 14.0. The molecule has 4 N–H and O–H groups in total. The van der Waals surface area contributed by atoms with E-state index in [9.17, 15) is 24.0 Å². The molecule has 0 aliphatic carbocycles. The van der Waals surface area contributed by atoms with Crippen molar-refractivity contribution in [3.8, 4) is 0 Å². The van der Waals surface area contributed by atoms with E-state index in [4.69, 9.17) is 9.84 Å². The molecule has 0 saturated heterocycles. The molecule has 355 valence electrons. The van der Waals surface area contributed by atoms with E-state index in [-0.39, 0.29) is 74.6 Å². The largest absolute Gasteiger partial charge is 0.480 e. The third-order valence-electron chi connectivity index (χ3n) is 10.2. The molecule has 20 heteroatoms. The van der Waals surface area contributed by atoms with E-state index in [0.717, 1.165) is 25.8 Å². The van der Waals surface area contributed by atoms with Crippen LogP contribution in [0.5, 0.6) is 0 Å². The van der Waals surface area contributed by atoms with Gasteiger partial charge in [0.25, 0.3) is 0 Å². The number of nitrogens with zero attached hydrogens (tertiary/aromatic N) is 5. The minimum absolute atomic E-state index is 0. The molecule has 0 fully saturated rings. The molecule has 3 radical (unpaired) electrons. The second-order valence-corrected chi connectivity index (χ2v) is 19.1. The number of Topliss-reactive ketones (excluding diaryl/α,β-unsaturated/α-hetero) is 1. The normalized spacial score (nSPS) is 12.4. The molecule has 5 rings (SSSR count). The van der Waals surface area contributed by atoms with Gasteiger partial charge in [-0.15, -0.1) is 58.0 Å². The van der Waals surface area contributed by atoms with Crippen LogP contribution in [0.2, 0.25) is 0 Å². The molecule has 3 aromatic heterocycles. The average Bonchev–Trinajstić information content (AvgIpc) is 4.09. The van der Waals surface area contributed by atoms with Gasteiger partial charge in [-0.05, 0) is 54.6 Å². The molecule has 0 spiro atoms. The van der Waals surface area contributed by atoms with Gasteiger partial charge in [-0.2, -0.15) is 0 Å². The zero-order valence-electron chi connectivity index (χ0n) is 38.2. The lowest BCUT2D eigenvalue weighted by molar-refractivity contribution is -0.140. The Morgan fingerprint density at radius 3 is 1.55 bits per heavy atom. The lowest BCUT2D eigenvalue weighted by Gasteiger charge is -2.27. The van der Waals surface area contributed by atoms with Crippen LogP contribution in [0.25, 0.3) is 0 Å². The van der Waals surface area contributed by atoms with Crippen molar-refractivity contribution >= 4 is 96.3 Å². The Kier molecular flexibility index (Phi) is 26.3. The first kappa shape index (κ1) is 57.2. The summed E-state index contributed by atoms with van der Waals surface area (Å²) in [6, 6.07) is 17.8. The maximum Gasteiger partial charge on any atom is 0.407 e. The van der Waals surface area contributed by atoms with Crippen LogP contribution in [0.1, 0.15) is 72.7 Å². The van der Waals surface area contributed by atoms with Crippen molar-refractivity contribution in [3.63, 3.8) is 0 Å². The summed E-state index contributed by atoms with van der Waals surface area (Å²) in [6.45, 7) is 8.42. The predicted molar refractivity (Wildman–Crippen MR) is 272 cm³/mol. The average molecular weight is 1070 g/mol. The Balaban J connectivity index is 0.000000631. The van der Waals surface area contributed by atoms with Crippen LogP contribution in [0.15, 0.2) is 95.8 Å². The number of carboxylic acids is 1. The number of carbonyl (C=O) groups is 5. The van der Waals surface area contributed by atoms with Crippen molar-refractivity contribution < 1.29 is 33.8 Å². The van der Waals surface area contributed by atoms with Gasteiger partial charge in [-0.25, -0.2) is 19.2 Å². The zero-order chi connectivity index (χ0) is 46.4.